The molecule has 2 rings (SSSR count). The number of thioether (sulfide) groups is 1. The first-order valence-electron chi connectivity index (χ1n) is 6.64. The molecule has 0 aromatic rings. The van der Waals surface area contributed by atoms with Crippen molar-refractivity contribution < 1.29 is 20.1 Å². The third kappa shape index (κ3) is 2.75. The van der Waals surface area contributed by atoms with Gasteiger partial charge in [-0.05, 0) is 13.3 Å². The summed E-state index contributed by atoms with van der Waals surface area (Å²) in [6.45, 7) is 4.64. The Balaban J connectivity index is 2.12. The second kappa shape index (κ2) is 5.97. The number of rotatable bonds is 3. The van der Waals surface area contributed by atoms with Gasteiger partial charge in [0, 0.05) is 13.6 Å². The Morgan fingerprint density at radius 2 is 2.05 bits per heavy atom. The van der Waals surface area contributed by atoms with Gasteiger partial charge in [0.05, 0.1) is 6.10 Å². The summed E-state index contributed by atoms with van der Waals surface area (Å²) >= 11 is 1.44. The van der Waals surface area contributed by atoms with E-state index in [1.807, 2.05) is 25.8 Å². The van der Waals surface area contributed by atoms with Crippen LogP contribution >= 0.6 is 11.8 Å². The van der Waals surface area contributed by atoms with E-state index in [2.05, 4.69) is 4.99 Å². The first kappa shape index (κ1) is 15.1. The number of amidine groups is 1. The minimum Gasteiger partial charge on any atom is -0.390 e. The molecular weight excluding hydrogens is 268 g/mol. The number of aliphatic hydroxyl groups is 3. The van der Waals surface area contributed by atoms with Gasteiger partial charge in [0.25, 0.3) is 0 Å². The smallest absolute Gasteiger partial charge is 0.162 e. The lowest BCUT2D eigenvalue weighted by Crippen LogP contribution is -2.58. The molecule has 2 aliphatic rings. The summed E-state index contributed by atoms with van der Waals surface area (Å²) < 4.78 is 5.73. The van der Waals surface area contributed by atoms with Gasteiger partial charge in [-0.15, -0.1) is 0 Å². The van der Waals surface area contributed by atoms with E-state index in [9.17, 15) is 15.3 Å². The van der Waals surface area contributed by atoms with Gasteiger partial charge in [0.15, 0.2) is 5.17 Å². The lowest BCUT2D eigenvalue weighted by atomic mass is 9.94. The van der Waals surface area contributed by atoms with Crippen LogP contribution in [0.3, 0.4) is 0 Å². The molecule has 19 heavy (non-hydrogen) atoms. The van der Waals surface area contributed by atoms with Crippen LogP contribution < -0.4 is 0 Å². The highest BCUT2D eigenvalue weighted by molar-refractivity contribution is 8.14. The molecule has 110 valence electrons. The molecular formula is C12H22N2O4S. The summed E-state index contributed by atoms with van der Waals surface area (Å²) in [5.41, 5.74) is -0.339. The average molecular weight is 290 g/mol. The maximum atomic E-state index is 10.2. The molecule has 6 nitrogen and oxygen atoms in total. The number of hydrogen-bond acceptors (Lipinski definition) is 7. The van der Waals surface area contributed by atoms with Crippen molar-refractivity contribution in [3.8, 4) is 0 Å². The number of ether oxygens (including phenoxy) is 1. The zero-order valence-electron chi connectivity index (χ0n) is 11.4. The summed E-state index contributed by atoms with van der Waals surface area (Å²) in [6, 6.07) is -0.468. The van der Waals surface area contributed by atoms with E-state index in [0.29, 0.717) is 6.42 Å². The van der Waals surface area contributed by atoms with Crippen molar-refractivity contribution in [1.82, 2.24) is 4.90 Å². The number of hydrogen-bond donors (Lipinski definition) is 3. The SMILES string of the molecule is CC[C@@H](O)C1O[C@@H]2SC(N(C)CC)=N[C@@H]2C(O)[C@@H]1O. The molecule has 0 aromatic heterocycles. The van der Waals surface area contributed by atoms with Crippen LogP contribution in [0.25, 0.3) is 0 Å². The Morgan fingerprint density at radius 3 is 2.63 bits per heavy atom. The third-order valence-electron chi connectivity index (χ3n) is 3.69. The van der Waals surface area contributed by atoms with Gasteiger partial charge < -0.3 is 25.0 Å². The van der Waals surface area contributed by atoms with Crippen LogP contribution in [0.15, 0.2) is 4.99 Å². The summed E-state index contributed by atoms with van der Waals surface area (Å²) in [6.07, 6.45) is -3.17. The van der Waals surface area contributed by atoms with Crippen molar-refractivity contribution in [2.24, 2.45) is 4.99 Å². The van der Waals surface area contributed by atoms with Crippen LogP contribution in [0.4, 0.5) is 0 Å². The zero-order chi connectivity index (χ0) is 14.2. The summed E-state index contributed by atoms with van der Waals surface area (Å²) in [4.78, 5) is 6.39. The molecule has 3 N–H and O–H groups in total. The van der Waals surface area contributed by atoms with Crippen molar-refractivity contribution in [3.63, 3.8) is 0 Å². The van der Waals surface area contributed by atoms with E-state index in [1.54, 1.807) is 0 Å². The first-order chi connectivity index (χ1) is 8.99. The minimum absolute atomic E-state index is 0.339. The molecule has 2 heterocycles. The van der Waals surface area contributed by atoms with Crippen molar-refractivity contribution in [2.75, 3.05) is 13.6 Å². The van der Waals surface area contributed by atoms with E-state index in [0.717, 1.165) is 11.7 Å². The monoisotopic (exact) mass is 290 g/mol. The van der Waals surface area contributed by atoms with Gasteiger partial charge in [0.2, 0.25) is 0 Å². The van der Waals surface area contributed by atoms with E-state index in [-0.39, 0.29) is 5.44 Å². The fourth-order valence-electron chi connectivity index (χ4n) is 2.24. The number of fused-ring (bicyclic) bond motifs is 1. The number of aliphatic hydroxyl groups excluding tert-OH is 3. The second-order valence-corrected chi connectivity index (χ2v) is 6.03. The van der Waals surface area contributed by atoms with Crippen LogP contribution in [-0.2, 0) is 4.74 Å². The first-order valence-corrected chi connectivity index (χ1v) is 7.52. The van der Waals surface area contributed by atoms with Crippen molar-refractivity contribution in [1.29, 1.82) is 0 Å². The predicted octanol–water partition coefficient (Wildman–Crippen LogP) is -0.373. The van der Waals surface area contributed by atoms with Crippen LogP contribution in [-0.4, -0.2) is 74.9 Å². The van der Waals surface area contributed by atoms with E-state index >= 15 is 0 Å². The van der Waals surface area contributed by atoms with Crippen molar-refractivity contribution in [2.45, 2.75) is 56.2 Å². The fraction of sp³-hybridized carbons (Fsp3) is 0.917. The lowest BCUT2D eigenvalue weighted by Gasteiger charge is -2.40. The quantitative estimate of drug-likeness (QED) is 0.657. The van der Waals surface area contributed by atoms with Crippen LogP contribution in [0.1, 0.15) is 20.3 Å². The van der Waals surface area contributed by atoms with E-state index < -0.39 is 30.5 Å². The molecule has 1 fully saturated rings. The van der Waals surface area contributed by atoms with Gasteiger partial charge in [-0.3, -0.25) is 4.99 Å². The van der Waals surface area contributed by atoms with E-state index in [4.69, 9.17) is 4.74 Å². The predicted molar refractivity (Wildman–Crippen MR) is 74.1 cm³/mol. The summed E-state index contributed by atoms with van der Waals surface area (Å²) in [7, 11) is 1.92. The molecule has 0 aromatic carbocycles. The highest BCUT2D eigenvalue weighted by atomic mass is 32.2. The van der Waals surface area contributed by atoms with Crippen molar-refractivity contribution in [3.05, 3.63) is 0 Å². The Bertz CT molecular complexity index is 355. The number of aliphatic imine (C=N–C) groups is 1. The maximum Gasteiger partial charge on any atom is 0.162 e. The zero-order valence-corrected chi connectivity index (χ0v) is 12.2. The average Bonchev–Trinajstić information content (AvgIpc) is 2.85. The van der Waals surface area contributed by atoms with Gasteiger partial charge in [-0.2, -0.15) is 0 Å². The summed E-state index contributed by atoms with van der Waals surface area (Å²) in [5.74, 6) is 0. The van der Waals surface area contributed by atoms with Gasteiger partial charge in [-0.25, -0.2) is 0 Å². The molecule has 0 aliphatic carbocycles. The molecule has 6 atom stereocenters. The van der Waals surface area contributed by atoms with Gasteiger partial charge >= 0.3 is 0 Å². The van der Waals surface area contributed by atoms with Crippen LogP contribution in [0, 0.1) is 0 Å². The molecule has 2 aliphatic heterocycles. The molecule has 7 heteroatoms. The standard InChI is InChI=1S/C12H22N2O4S/c1-4-6(15)10-9(17)8(16)7-11(18-10)19-12(13-7)14(3)5-2/h6-11,15-17H,4-5H2,1-3H3/t6-,7-,8?,9+,10?,11-/m1/s1. The molecule has 0 amide bonds. The van der Waals surface area contributed by atoms with Crippen LogP contribution in [0.5, 0.6) is 0 Å². The largest absolute Gasteiger partial charge is 0.390 e. The highest BCUT2D eigenvalue weighted by Gasteiger charge is 2.50. The van der Waals surface area contributed by atoms with Gasteiger partial charge in [-0.1, -0.05) is 18.7 Å². The highest BCUT2D eigenvalue weighted by Crippen LogP contribution is 2.38. The Labute approximate surface area is 117 Å². The third-order valence-corrected chi connectivity index (χ3v) is 4.94. The molecule has 0 spiro atoms. The Hall–Kier alpha value is -0.340. The molecule has 0 bridgehead atoms. The Kier molecular flexibility index (Phi) is 4.73. The lowest BCUT2D eigenvalue weighted by molar-refractivity contribution is -0.185. The normalized spacial score (nSPS) is 39.7. The molecule has 2 unspecified atom stereocenters. The minimum atomic E-state index is -1.10. The van der Waals surface area contributed by atoms with Crippen LogP contribution in [0.2, 0.25) is 0 Å². The second-order valence-electron chi connectivity index (χ2n) is 4.96. The molecule has 0 saturated carbocycles. The molecule has 0 radical (unpaired) electrons. The van der Waals surface area contributed by atoms with Crippen molar-refractivity contribution >= 4 is 16.9 Å². The van der Waals surface area contributed by atoms with Gasteiger partial charge in [0.1, 0.15) is 29.8 Å². The van der Waals surface area contributed by atoms with E-state index in [1.165, 1.54) is 11.8 Å². The number of nitrogens with zero attached hydrogens (tertiary/aromatic N) is 2. The fourth-order valence-corrected chi connectivity index (χ4v) is 3.49. The molecule has 1 saturated heterocycles. The Morgan fingerprint density at radius 1 is 1.37 bits per heavy atom. The maximum absolute atomic E-state index is 10.2. The topological polar surface area (TPSA) is 85.5 Å². The summed E-state index contributed by atoms with van der Waals surface area (Å²) in [5, 5.41) is 30.9.